The molecule has 0 aromatic carbocycles. The van der Waals surface area contributed by atoms with Crippen LogP contribution in [0.3, 0.4) is 0 Å². The van der Waals surface area contributed by atoms with Gasteiger partial charge in [0.2, 0.25) is 10.0 Å². The summed E-state index contributed by atoms with van der Waals surface area (Å²) in [6, 6.07) is 0.209. The molecular weight excluding hydrogens is 200 g/mol. The van der Waals surface area contributed by atoms with Crippen LogP contribution in [0.2, 0.25) is 0 Å². The van der Waals surface area contributed by atoms with Crippen LogP contribution in [0.15, 0.2) is 0 Å². The Labute approximate surface area is 85.5 Å². The second-order valence-corrected chi connectivity index (χ2v) is 6.25. The molecule has 5 heteroatoms. The Morgan fingerprint density at radius 3 is 2.43 bits per heavy atom. The van der Waals surface area contributed by atoms with E-state index < -0.39 is 10.0 Å². The standard InChI is InChI=1S/C9H18N2O2S/c12-14(13,9-5-6-10-7-9)11-8-3-1-2-4-8/h8-11H,1-7H2. The monoisotopic (exact) mass is 218 g/mol. The summed E-state index contributed by atoms with van der Waals surface area (Å²) < 4.78 is 26.5. The van der Waals surface area contributed by atoms with Crippen molar-refractivity contribution < 1.29 is 8.42 Å². The second kappa shape index (κ2) is 4.16. The van der Waals surface area contributed by atoms with Crippen molar-refractivity contribution in [3.63, 3.8) is 0 Å². The van der Waals surface area contributed by atoms with Crippen LogP contribution >= 0.6 is 0 Å². The quantitative estimate of drug-likeness (QED) is 0.712. The van der Waals surface area contributed by atoms with Crippen molar-refractivity contribution in [2.75, 3.05) is 13.1 Å². The smallest absolute Gasteiger partial charge is 0.216 e. The van der Waals surface area contributed by atoms with Crippen molar-refractivity contribution >= 4 is 10.0 Å². The topological polar surface area (TPSA) is 58.2 Å². The molecule has 1 saturated carbocycles. The van der Waals surface area contributed by atoms with Gasteiger partial charge in [0.1, 0.15) is 0 Å². The summed E-state index contributed by atoms with van der Waals surface area (Å²) in [6.07, 6.45) is 5.10. The van der Waals surface area contributed by atoms with E-state index in [9.17, 15) is 8.42 Å². The molecule has 1 aliphatic carbocycles. The molecule has 0 spiro atoms. The van der Waals surface area contributed by atoms with Gasteiger partial charge in [-0.2, -0.15) is 0 Å². The summed E-state index contributed by atoms with van der Waals surface area (Å²) >= 11 is 0. The maximum Gasteiger partial charge on any atom is 0.216 e. The molecule has 2 rings (SSSR count). The van der Waals surface area contributed by atoms with Crippen LogP contribution in [0.1, 0.15) is 32.1 Å². The van der Waals surface area contributed by atoms with Gasteiger partial charge in [0.25, 0.3) is 0 Å². The molecule has 14 heavy (non-hydrogen) atoms. The van der Waals surface area contributed by atoms with Gasteiger partial charge in [0, 0.05) is 12.6 Å². The number of sulfonamides is 1. The second-order valence-electron chi connectivity index (χ2n) is 4.26. The molecule has 4 nitrogen and oxygen atoms in total. The Kier molecular flexibility index (Phi) is 3.09. The van der Waals surface area contributed by atoms with E-state index in [1.165, 1.54) is 0 Å². The predicted molar refractivity (Wildman–Crippen MR) is 55.6 cm³/mol. The van der Waals surface area contributed by atoms with Crippen LogP contribution in [0.4, 0.5) is 0 Å². The third-order valence-electron chi connectivity index (χ3n) is 3.14. The van der Waals surface area contributed by atoms with Gasteiger partial charge in [-0.3, -0.25) is 0 Å². The Bertz CT molecular complexity index is 277. The van der Waals surface area contributed by atoms with E-state index in [1.807, 2.05) is 0 Å². The van der Waals surface area contributed by atoms with Crippen molar-refractivity contribution in [1.29, 1.82) is 0 Å². The molecule has 0 aromatic rings. The van der Waals surface area contributed by atoms with Gasteiger partial charge >= 0.3 is 0 Å². The van der Waals surface area contributed by atoms with E-state index in [-0.39, 0.29) is 11.3 Å². The normalized spacial score (nSPS) is 29.9. The van der Waals surface area contributed by atoms with Crippen molar-refractivity contribution in [3.05, 3.63) is 0 Å². The molecule has 1 aliphatic heterocycles. The summed E-state index contributed by atoms with van der Waals surface area (Å²) in [5.74, 6) is 0. The summed E-state index contributed by atoms with van der Waals surface area (Å²) in [5.41, 5.74) is 0. The maximum atomic E-state index is 11.8. The van der Waals surface area contributed by atoms with Crippen molar-refractivity contribution in [2.24, 2.45) is 0 Å². The zero-order valence-electron chi connectivity index (χ0n) is 8.33. The fourth-order valence-electron chi connectivity index (χ4n) is 2.27. The van der Waals surface area contributed by atoms with Gasteiger partial charge in [0.15, 0.2) is 0 Å². The molecule has 2 aliphatic rings. The van der Waals surface area contributed by atoms with Crippen LogP contribution in [-0.4, -0.2) is 32.8 Å². The van der Waals surface area contributed by atoms with Gasteiger partial charge in [0.05, 0.1) is 5.25 Å². The maximum absolute atomic E-state index is 11.8. The van der Waals surface area contributed by atoms with Gasteiger partial charge in [-0.1, -0.05) is 12.8 Å². The minimum absolute atomic E-state index is 0.205. The molecule has 0 aromatic heterocycles. The zero-order valence-corrected chi connectivity index (χ0v) is 9.15. The van der Waals surface area contributed by atoms with E-state index >= 15 is 0 Å². The summed E-state index contributed by atoms with van der Waals surface area (Å²) in [7, 11) is -3.06. The van der Waals surface area contributed by atoms with Crippen LogP contribution in [-0.2, 0) is 10.0 Å². The van der Waals surface area contributed by atoms with Crippen LogP contribution in [0.5, 0.6) is 0 Å². The van der Waals surface area contributed by atoms with Crippen molar-refractivity contribution in [3.8, 4) is 0 Å². The molecule has 0 radical (unpaired) electrons. The summed E-state index contributed by atoms with van der Waals surface area (Å²) in [4.78, 5) is 0. The van der Waals surface area contributed by atoms with Crippen LogP contribution < -0.4 is 10.0 Å². The first-order valence-electron chi connectivity index (χ1n) is 5.40. The van der Waals surface area contributed by atoms with E-state index in [2.05, 4.69) is 10.0 Å². The summed E-state index contributed by atoms with van der Waals surface area (Å²) in [5, 5.41) is 2.88. The average molecular weight is 218 g/mol. The summed E-state index contributed by atoms with van der Waals surface area (Å²) in [6.45, 7) is 1.44. The van der Waals surface area contributed by atoms with Crippen LogP contribution in [0.25, 0.3) is 0 Å². The fraction of sp³-hybridized carbons (Fsp3) is 1.00. The third kappa shape index (κ3) is 2.27. The number of nitrogens with one attached hydrogen (secondary N) is 2. The van der Waals surface area contributed by atoms with Crippen molar-refractivity contribution in [2.45, 2.75) is 43.4 Å². The number of rotatable bonds is 3. The van der Waals surface area contributed by atoms with E-state index in [4.69, 9.17) is 0 Å². The molecule has 0 amide bonds. The Hall–Kier alpha value is -0.130. The van der Waals surface area contributed by atoms with E-state index in [0.717, 1.165) is 38.6 Å². The number of hydrogen-bond acceptors (Lipinski definition) is 3. The predicted octanol–water partition coefficient (Wildman–Crippen LogP) is 0.210. The van der Waals surface area contributed by atoms with E-state index in [0.29, 0.717) is 6.54 Å². The minimum Gasteiger partial charge on any atom is -0.315 e. The highest BCUT2D eigenvalue weighted by atomic mass is 32.2. The molecule has 0 bridgehead atoms. The third-order valence-corrected chi connectivity index (χ3v) is 5.08. The Balaban J connectivity index is 1.93. The Morgan fingerprint density at radius 1 is 1.14 bits per heavy atom. The lowest BCUT2D eigenvalue weighted by molar-refractivity contribution is 0.540. The van der Waals surface area contributed by atoms with Gasteiger partial charge < -0.3 is 5.32 Å². The highest BCUT2D eigenvalue weighted by molar-refractivity contribution is 7.90. The van der Waals surface area contributed by atoms with E-state index in [1.54, 1.807) is 0 Å². The lowest BCUT2D eigenvalue weighted by Gasteiger charge is -2.16. The first kappa shape index (κ1) is 10.4. The first-order chi connectivity index (χ1) is 6.68. The average Bonchev–Trinajstić information content (AvgIpc) is 2.71. The van der Waals surface area contributed by atoms with Crippen LogP contribution in [0, 0.1) is 0 Å². The fourth-order valence-corrected chi connectivity index (χ4v) is 3.92. The highest BCUT2D eigenvalue weighted by Crippen LogP contribution is 2.20. The lowest BCUT2D eigenvalue weighted by atomic mass is 10.3. The first-order valence-corrected chi connectivity index (χ1v) is 6.95. The van der Waals surface area contributed by atoms with Gasteiger partial charge in [-0.25, -0.2) is 13.1 Å². The molecular formula is C9H18N2O2S. The van der Waals surface area contributed by atoms with Gasteiger partial charge in [-0.05, 0) is 25.8 Å². The zero-order chi connectivity index (χ0) is 10.0. The molecule has 1 saturated heterocycles. The SMILES string of the molecule is O=S(=O)(NC1CCCC1)C1CCNC1. The highest BCUT2D eigenvalue weighted by Gasteiger charge is 2.31. The number of hydrogen-bond donors (Lipinski definition) is 2. The molecule has 1 unspecified atom stereocenters. The molecule has 1 heterocycles. The van der Waals surface area contributed by atoms with Gasteiger partial charge in [-0.15, -0.1) is 0 Å². The molecule has 2 fully saturated rings. The minimum atomic E-state index is -3.06. The molecule has 1 atom stereocenters. The Morgan fingerprint density at radius 2 is 1.86 bits per heavy atom. The molecule has 82 valence electrons. The van der Waals surface area contributed by atoms with Crippen molar-refractivity contribution in [1.82, 2.24) is 10.0 Å². The lowest BCUT2D eigenvalue weighted by Crippen LogP contribution is -2.40. The largest absolute Gasteiger partial charge is 0.315 e. The molecule has 2 N–H and O–H groups in total.